The van der Waals surface area contributed by atoms with Crippen molar-refractivity contribution in [2.45, 2.75) is 72.1 Å². The number of carbonyl (C=O) groups excluding carboxylic acids is 3. The Morgan fingerprint density at radius 3 is 2.20 bits per heavy atom. The second-order valence-electron chi connectivity index (χ2n) is 12.2. The van der Waals surface area contributed by atoms with Gasteiger partial charge in [-0.3, -0.25) is 9.59 Å². The number of benzene rings is 4. The first-order chi connectivity index (χ1) is 20.9. The van der Waals surface area contributed by atoms with Crippen LogP contribution in [-0.2, 0) is 20.7 Å². The van der Waals surface area contributed by atoms with Crippen LogP contribution in [0.2, 0.25) is 0 Å². The van der Waals surface area contributed by atoms with Crippen LogP contribution in [0.25, 0.3) is 10.8 Å². The third-order valence-corrected chi connectivity index (χ3v) is 7.33. The summed E-state index contributed by atoms with van der Waals surface area (Å²) in [5, 5.41) is 7.97. The average molecular weight is 594 g/mol. The third-order valence-electron chi connectivity index (χ3n) is 7.33. The quantitative estimate of drug-likeness (QED) is 0.199. The molecule has 0 fully saturated rings. The molecule has 0 saturated heterocycles. The van der Waals surface area contributed by atoms with Crippen LogP contribution in [0.5, 0.6) is 0 Å². The molecule has 0 radical (unpaired) electrons. The van der Waals surface area contributed by atoms with Crippen molar-refractivity contribution in [3.63, 3.8) is 0 Å². The number of nitrogens with one attached hydrogen (secondary N) is 2. The Kier molecular flexibility index (Phi) is 10.4. The van der Waals surface area contributed by atoms with E-state index in [1.165, 1.54) is 0 Å². The van der Waals surface area contributed by atoms with E-state index in [0.29, 0.717) is 18.7 Å². The molecule has 0 spiro atoms. The van der Waals surface area contributed by atoms with Crippen molar-refractivity contribution in [2.75, 3.05) is 11.9 Å². The first-order valence-corrected chi connectivity index (χ1v) is 15.2. The molecule has 0 aliphatic carbocycles. The normalized spacial score (nSPS) is 12.7. The number of hydrogen-bond acceptors (Lipinski definition) is 4. The van der Waals surface area contributed by atoms with Crippen LogP contribution in [-0.4, -0.2) is 41.0 Å². The van der Waals surface area contributed by atoms with Gasteiger partial charge in [-0.25, -0.2) is 4.79 Å². The molecule has 7 nitrogen and oxygen atoms in total. The molecule has 4 aromatic carbocycles. The van der Waals surface area contributed by atoms with Crippen LogP contribution in [0.15, 0.2) is 91.0 Å². The van der Waals surface area contributed by atoms with Crippen LogP contribution in [0.1, 0.15) is 62.4 Å². The zero-order valence-electron chi connectivity index (χ0n) is 26.5. The summed E-state index contributed by atoms with van der Waals surface area (Å²) in [6.45, 7) is 11.5. The standard InChI is InChI=1S/C37H43N3O4/c1-7-21-40(35(42)32(23-27-13-9-8-10-14-27)39-36(43)44-37(4,5)6)33(31-22-25(2)17-18-26(31)3)34(41)38-30-20-19-28-15-11-12-16-29(28)24-30/h8-20,22,24,32-33H,7,21,23H2,1-6H3,(H,38,41)(H,39,43). The Balaban J connectivity index is 1.75. The van der Waals surface area contributed by atoms with Gasteiger partial charge in [-0.05, 0) is 80.6 Å². The summed E-state index contributed by atoms with van der Waals surface area (Å²) in [4.78, 5) is 43.4. The summed E-state index contributed by atoms with van der Waals surface area (Å²) in [5.41, 5.74) is 3.38. The van der Waals surface area contributed by atoms with Crippen molar-refractivity contribution in [2.24, 2.45) is 0 Å². The van der Waals surface area contributed by atoms with Gasteiger partial charge in [-0.2, -0.15) is 0 Å². The van der Waals surface area contributed by atoms with Gasteiger partial charge in [0.2, 0.25) is 5.91 Å². The van der Waals surface area contributed by atoms with Gasteiger partial charge < -0.3 is 20.3 Å². The van der Waals surface area contributed by atoms with E-state index in [1.807, 2.05) is 112 Å². The van der Waals surface area contributed by atoms with E-state index < -0.39 is 23.8 Å². The van der Waals surface area contributed by atoms with E-state index in [2.05, 4.69) is 10.6 Å². The summed E-state index contributed by atoms with van der Waals surface area (Å²) in [5.74, 6) is -0.687. The van der Waals surface area contributed by atoms with Gasteiger partial charge in [-0.1, -0.05) is 91.3 Å². The van der Waals surface area contributed by atoms with Gasteiger partial charge in [0.1, 0.15) is 17.7 Å². The lowest BCUT2D eigenvalue weighted by atomic mass is 9.95. The number of carbonyl (C=O) groups is 3. The van der Waals surface area contributed by atoms with E-state index >= 15 is 0 Å². The van der Waals surface area contributed by atoms with E-state index in [4.69, 9.17) is 4.74 Å². The van der Waals surface area contributed by atoms with Crippen LogP contribution < -0.4 is 10.6 Å². The fourth-order valence-electron chi connectivity index (χ4n) is 5.29. The molecule has 0 aliphatic rings. The smallest absolute Gasteiger partial charge is 0.408 e. The van der Waals surface area contributed by atoms with Crippen molar-refractivity contribution >= 4 is 34.4 Å². The SMILES string of the molecule is CCCN(C(=O)C(Cc1ccccc1)NC(=O)OC(C)(C)C)C(C(=O)Nc1ccc2ccccc2c1)c1cc(C)ccc1C. The Morgan fingerprint density at radius 2 is 1.52 bits per heavy atom. The average Bonchev–Trinajstić information content (AvgIpc) is 2.97. The van der Waals surface area contributed by atoms with Crippen LogP contribution in [0, 0.1) is 13.8 Å². The van der Waals surface area contributed by atoms with Gasteiger partial charge in [0.15, 0.2) is 0 Å². The summed E-state index contributed by atoms with van der Waals surface area (Å²) < 4.78 is 5.54. The number of fused-ring (bicyclic) bond motifs is 1. The van der Waals surface area contributed by atoms with Gasteiger partial charge in [0, 0.05) is 18.7 Å². The number of ether oxygens (including phenoxy) is 1. The van der Waals surface area contributed by atoms with Gasteiger partial charge >= 0.3 is 6.09 Å². The molecule has 230 valence electrons. The molecular formula is C37H43N3O4. The highest BCUT2D eigenvalue weighted by atomic mass is 16.6. The van der Waals surface area contributed by atoms with E-state index in [1.54, 1.807) is 25.7 Å². The van der Waals surface area contributed by atoms with Crippen LogP contribution in [0.4, 0.5) is 10.5 Å². The maximum absolute atomic E-state index is 14.6. The fraction of sp³-hybridized carbons (Fsp3) is 0.324. The Hall–Kier alpha value is -4.65. The molecule has 2 N–H and O–H groups in total. The van der Waals surface area contributed by atoms with Crippen molar-refractivity contribution in [3.8, 4) is 0 Å². The molecular weight excluding hydrogens is 550 g/mol. The Bertz CT molecular complexity index is 1610. The van der Waals surface area contributed by atoms with Gasteiger partial charge in [-0.15, -0.1) is 0 Å². The topological polar surface area (TPSA) is 87.7 Å². The van der Waals surface area contributed by atoms with Crippen LogP contribution >= 0.6 is 0 Å². The minimum Gasteiger partial charge on any atom is -0.444 e. The molecule has 0 aliphatic heterocycles. The number of aryl methyl sites for hydroxylation is 2. The van der Waals surface area contributed by atoms with Gasteiger partial charge in [0.05, 0.1) is 0 Å². The highest BCUT2D eigenvalue weighted by Crippen LogP contribution is 2.29. The number of rotatable bonds is 10. The number of amides is 3. The summed E-state index contributed by atoms with van der Waals surface area (Å²) in [6, 6.07) is 27.3. The molecule has 3 amide bonds. The second kappa shape index (κ2) is 14.2. The molecule has 4 aromatic rings. The van der Waals surface area contributed by atoms with Crippen molar-refractivity contribution in [1.82, 2.24) is 10.2 Å². The maximum atomic E-state index is 14.6. The van der Waals surface area contributed by atoms with Crippen molar-refractivity contribution in [3.05, 3.63) is 113 Å². The summed E-state index contributed by atoms with van der Waals surface area (Å²) in [6.07, 6.45) is 0.165. The molecule has 0 bridgehead atoms. The zero-order chi connectivity index (χ0) is 31.9. The molecule has 0 heterocycles. The number of nitrogens with zero attached hydrogens (tertiary/aromatic N) is 1. The molecule has 2 unspecified atom stereocenters. The molecule has 44 heavy (non-hydrogen) atoms. The number of alkyl carbamates (subject to hydrolysis) is 1. The van der Waals surface area contributed by atoms with Gasteiger partial charge in [0.25, 0.3) is 5.91 Å². The lowest BCUT2D eigenvalue weighted by Gasteiger charge is -2.35. The first-order valence-electron chi connectivity index (χ1n) is 15.2. The molecule has 4 rings (SSSR count). The molecule has 0 saturated carbocycles. The van der Waals surface area contributed by atoms with E-state index in [-0.39, 0.29) is 18.2 Å². The van der Waals surface area contributed by atoms with Crippen molar-refractivity contribution < 1.29 is 19.1 Å². The second-order valence-corrected chi connectivity index (χ2v) is 12.2. The first kappa shape index (κ1) is 32.3. The Morgan fingerprint density at radius 1 is 0.841 bits per heavy atom. The lowest BCUT2D eigenvalue weighted by Crippen LogP contribution is -2.53. The fourth-order valence-corrected chi connectivity index (χ4v) is 5.29. The Labute approximate surface area is 260 Å². The van der Waals surface area contributed by atoms with E-state index in [0.717, 1.165) is 33.0 Å². The monoisotopic (exact) mass is 593 g/mol. The summed E-state index contributed by atoms with van der Waals surface area (Å²) in [7, 11) is 0. The third kappa shape index (κ3) is 8.47. The van der Waals surface area contributed by atoms with Crippen LogP contribution in [0.3, 0.4) is 0 Å². The molecule has 2 atom stereocenters. The molecule has 0 aromatic heterocycles. The number of hydrogen-bond donors (Lipinski definition) is 2. The minimum absolute atomic E-state index is 0.241. The van der Waals surface area contributed by atoms with E-state index in [9.17, 15) is 14.4 Å². The predicted molar refractivity (Wildman–Crippen MR) is 177 cm³/mol. The zero-order valence-corrected chi connectivity index (χ0v) is 26.5. The predicted octanol–water partition coefficient (Wildman–Crippen LogP) is 7.51. The van der Waals surface area contributed by atoms with Crippen molar-refractivity contribution in [1.29, 1.82) is 0 Å². The molecule has 7 heteroatoms. The minimum atomic E-state index is -0.958. The highest BCUT2D eigenvalue weighted by molar-refractivity contribution is 6.00. The largest absolute Gasteiger partial charge is 0.444 e. The lowest BCUT2D eigenvalue weighted by molar-refractivity contribution is -0.140. The summed E-state index contributed by atoms with van der Waals surface area (Å²) >= 11 is 0. The number of anilines is 1. The highest BCUT2D eigenvalue weighted by Gasteiger charge is 2.37. The maximum Gasteiger partial charge on any atom is 0.408 e.